The molecular weight excluding hydrogens is 316 g/mol. The molecule has 5 heteroatoms. The van der Waals surface area contributed by atoms with Crippen molar-refractivity contribution >= 4 is 6.03 Å². The van der Waals surface area contributed by atoms with E-state index >= 15 is 0 Å². The summed E-state index contributed by atoms with van der Waals surface area (Å²) < 4.78 is 5.43. The third-order valence-electron chi connectivity index (χ3n) is 5.88. The fraction of sp³-hybridized carbons (Fsp3) is 0.650. The van der Waals surface area contributed by atoms with Gasteiger partial charge in [0.2, 0.25) is 0 Å². The number of piperidine rings is 1. The van der Waals surface area contributed by atoms with Gasteiger partial charge in [0.05, 0.1) is 5.60 Å². The number of nitrogens with zero attached hydrogens (tertiary/aromatic N) is 1. The van der Waals surface area contributed by atoms with Crippen LogP contribution in [0.1, 0.15) is 31.7 Å². The quantitative estimate of drug-likeness (QED) is 0.880. The molecule has 1 aromatic carbocycles. The van der Waals surface area contributed by atoms with Gasteiger partial charge >= 0.3 is 6.03 Å². The van der Waals surface area contributed by atoms with Crippen LogP contribution in [0.4, 0.5) is 4.79 Å². The molecule has 0 spiro atoms. The molecule has 2 N–H and O–H groups in total. The van der Waals surface area contributed by atoms with E-state index in [-0.39, 0.29) is 11.9 Å². The van der Waals surface area contributed by atoms with Gasteiger partial charge in [-0.05, 0) is 37.2 Å². The fourth-order valence-corrected chi connectivity index (χ4v) is 4.20. The minimum Gasteiger partial charge on any atom is -0.389 e. The Bertz CT molecular complexity index is 559. The zero-order chi connectivity index (χ0) is 17.7. The predicted octanol–water partition coefficient (Wildman–Crippen LogP) is 2.44. The van der Waals surface area contributed by atoms with E-state index in [0.717, 1.165) is 32.5 Å². The smallest absolute Gasteiger partial charge is 0.317 e. The molecule has 1 aromatic rings. The maximum absolute atomic E-state index is 12.4. The van der Waals surface area contributed by atoms with Gasteiger partial charge in [0.15, 0.2) is 0 Å². The van der Waals surface area contributed by atoms with E-state index in [1.165, 1.54) is 5.56 Å². The number of amides is 2. The summed E-state index contributed by atoms with van der Waals surface area (Å²) in [6, 6.07) is 10.2. The lowest BCUT2D eigenvalue weighted by atomic mass is 9.70. The van der Waals surface area contributed by atoms with Crippen LogP contribution in [-0.2, 0) is 11.2 Å². The highest BCUT2D eigenvalue weighted by atomic mass is 16.5. The molecular formula is C20H30N2O3. The largest absolute Gasteiger partial charge is 0.389 e. The lowest BCUT2D eigenvalue weighted by molar-refractivity contribution is -0.125. The third-order valence-corrected chi connectivity index (χ3v) is 5.88. The van der Waals surface area contributed by atoms with Gasteiger partial charge in [-0.1, -0.05) is 37.3 Å². The number of ether oxygens (including phenoxy) is 1. The molecule has 0 aliphatic carbocycles. The van der Waals surface area contributed by atoms with E-state index in [0.29, 0.717) is 32.0 Å². The van der Waals surface area contributed by atoms with Crippen LogP contribution in [0.25, 0.3) is 0 Å². The van der Waals surface area contributed by atoms with E-state index in [1.807, 2.05) is 23.1 Å². The van der Waals surface area contributed by atoms with Gasteiger partial charge in [-0.3, -0.25) is 0 Å². The first-order valence-corrected chi connectivity index (χ1v) is 9.46. The average Bonchev–Trinajstić information content (AvgIpc) is 2.65. The fourth-order valence-electron chi connectivity index (χ4n) is 4.20. The summed E-state index contributed by atoms with van der Waals surface area (Å²) in [6.45, 7) is 5.42. The van der Waals surface area contributed by atoms with Crippen LogP contribution in [0.2, 0.25) is 0 Å². The molecule has 2 saturated heterocycles. The summed E-state index contributed by atoms with van der Waals surface area (Å²) in [7, 11) is 0. The summed E-state index contributed by atoms with van der Waals surface area (Å²) in [5.74, 6) is 0.378. The minimum absolute atomic E-state index is 0.0168. The first-order chi connectivity index (χ1) is 12.1. The van der Waals surface area contributed by atoms with Gasteiger partial charge in [0.25, 0.3) is 0 Å². The summed E-state index contributed by atoms with van der Waals surface area (Å²) in [4.78, 5) is 14.3. The summed E-state index contributed by atoms with van der Waals surface area (Å²) in [5, 5.41) is 14.2. The van der Waals surface area contributed by atoms with Crippen molar-refractivity contribution in [2.75, 3.05) is 32.8 Å². The Morgan fingerprint density at radius 1 is 1.32 bits per heavy atom. The van der Waals surface area contributed by atoms with Gasteiger partial charge in [-0.2, -0.15) is 0 Å². The standard InChI is InChI=1S/C20H30N2O3/c1-16-15-22(12-10-20(16,24)18-8-13-25-14-9-18)19(23)21-11-7-17-5-3-2-4-6-17/h2-6,16,18,24H,7-15H2,1H3,(H,21,23)/t16-,20+/m1/s1. The van der Waals surface area contributed by atoms with E-state index in [1.54, 1.807) is 0 Å². The number of carbonyl (C=O) groups excluding carboxylic acids is 1. The molecule has 0 saturated carbocycles. The maximum Gasteiger partial charge on any atom is 0.317 e. The van der Waals surface area contributed by atoms with Crippen molar-refractivity contribution in [2.45, 2.75) is 38.2 Å². The number of carbonyl (C=O) groups is 1. The van der Waals surface area contributed by atoms with E-state index in [9.17, 15) is 9.90 Å². The molecule has 0 bridgehead atoms. The van der Waals surface area contributed by atoms with E-state index in [4.69, 9.17) is 4.74 Å². The molecule has 2 amide bonds. The number of benzene rings is 1. The molecule has 2 fully saturated rings. The zero-order valence-electron chi connectivity index (χ0n) is 15.1. The second-order valence-corrected chi connectivity index (χ2v) is 7.44. The Labute approximate surface area is 150 Å². The second-order valence-electron chi connectivity index (χ2n) is 7.44. The van der Waals surface area contributed by atoms with Crippen molar-refractivity contribution in [3.8, 4) is 0 Å². The van der Waals surface area contributed by atoms with Gasteiger partial charge in [0, 0.05) is 38.8 Å². The average molecular weight is 346 g/mol. The van der Waals surface area contributed by atoms with Crippen molar-refractivity contribution in [2.24, 2.45) is 11.8 Å². The molecule has 2 aliphatic heterocycles. The summed E-state index contributed by atoms with van der Waals surface area (Å²) in [6.07, 6.45) is 3.33. The Morgan fingerprint density at radius 3 is 2.72 bits per heavy atom. The molecule has 25 heavy (non-hydrogen) atoms. The number of hydrogen-bond donors (Lipinski definition) is 2. The Morgan fingerprint density at radius 2 is 2.04 bits per heavy atom. The van der Waals surface area contributed by atoms with E-state index in [2.05, 4.69) is 24.4 Å². The molecule has 0 aromatic heterocycles. The number of rotatable bonds is 4. The Hall–Kier alpha value is -1.59. The Balaban J connectivity index is 1.47. The molecule has 2 aliphatic rings. The van der Waals surface area contributed by atoms with Crippen LogP contribution in [0, 0.1) is 11.8 Å². The van der Waals surface area contributed by atoms with Crippen LogP contribution in [0.5, 0.6) is 0 Å². The number of urea groups is 1. The first kappa shape index (κ1) is 18.2. The van der Waals surface area contributed by atoms with Crippen molar-refractivity contribution in [1.82, 2.24) is 10.2 Å². The second kappa shape index (κ2) is 8.19. The van der Waals surface area contributed by atoms with Crippen LogP contribution in [-0.4, -0.2) is 54.5 Å². The van der Waals surface area contributed by atoms with Gasteiger partial charge in [-0.15, -0.1) is 0 Å². The highest BCUT2D eigenvalue weighted by Gasteiger charge is 2.45. The predicted molar refractivity (Wildman–Crippen MR) is 97.4 cm³/mol. The van der Waals surface area contributed by atoms with Gasteiger partial charge < -0.3 is 20.1 Å². The number of hydrogen-bond acceptors (Lipinski definition) is 3. The molecule has 138 valence electrons. The van der Waals surface area contributed by atoms with Crippen LogP contribution in [0.15, 0.2) is 30.3 Å². The normalized spacial score (nSPS) is 27.9. The van der Waals surface area contributed by atoms with Crippen LogP contribution < -0.4 is 5.32 Å². The number of aliphatic hydroxyl groups is 1. The van der Waals surface area contributed by atoms with Crippen LogP contribution in [0.3, 0.4) is 0 Å². The minimum atomic E-state index is -0.662. The highest BCUT2D eigenvalue weighted by Crippen LogP contribution is 2.39. The zero-order valence-corrected chi connectivity index (χ0v) is 15.1. The number of nitrogens with one attached hydrogen (secondary N) is 1. The van der Waals surface area contributed by atoms with Crippen LogP contribution >= 0.6 is 0 Å². The third kappa shape index (κ3) is 4.33. The SMILES string of the molecule is C[C@@H]1CN(C(=O)NCCc2ccccc2)CC[C@@]1(O)C1CCOCC1. The number of likely N-dealkylation sites (tertiary alicyclic amines) is 1. The molecule has 5 nitrogen and oxygen atoms in total. The molecule has 3 rings (SSSR count). The van der Waals surface area contributed by atoms with Crippen molar-refractivity contribution < 1.29 is 14.6 Å². The molecule has 2 atom stereocenters. The van der Waals surface area contributed by atoms with Crippen molar-refractivity contribution in [3.63, 3.8) is 0 Å². The topological polar surface area (TPSA) is 61.8 Å². The maximum atomic E-state index is 12.4. The molecule has 2 heterocycles. The lowest BCUT2D eigenvalue weighted by Gasteiger charge is -2.48. The summed E-state index contributed by atoms with van der Waals surface area (Å²) in [5.41, 5.74) is 0.564. The molecule has 0 unspecified atom stereocenters. The van der Waals surface area contributed by atoms with Gasteiger partial charge in [-0.25, -0.2) is 4.79 Å². The monoisotopic (exact) mass is 346 g/mol. The molecule has 0 radical (unpaired) electrons. The van der Waals surface area contributed by atoms with Crippen molar-refractivity contribution in [1.29, 1.82) is 0 Å². The van der Waals surface area contributed by atoms with E-state index < -0.39 is 5.60 Å². The van der Waals surface area contributed by atoms with Crippen molar-refractivity contribution in [3.05, 3.63) is 35.9 Å². The van der Waals surface area contributed by atoms with Gasteiger partial charge in [0.1, 0.15) is 0 Å². The first-order valence-electron chi connectivity index (χ1n) is 9.46. The highest BCUT2D eigenvalue weighted by molar-refractivity contribution is 5.74. The Kier molecular flexibility index (Phi) is 5.97. The lowest BCUT2D eigenvalue weighted by Crippen LogP contribution is -2.58. The summed E-state index contributed by atoms with van der Waals surface area (Å²) >= 11 is 0.